The Morgan fingerprint density at radius 2 is 1.88 bits per heavy atom. The fourth-order valence-electron chi connectivity index (χ4n) is 6.30. The second-order valence-corrected chi connectivity index (χ2v) is 13.1. The van der Waals surface area contributed by atoms with Crippen LogP contribution in [-0.2, 0) is 24.0 Å². The van der Waals surface area contributed by atoms with Gasteiger partial charge in [0.05, 0.1) is 44.4 Å². The molecule has 3 rings (SSSR count). The molecular formula is C37H51NO13. The highest BCUT2D eigenvalue weighted by molar-refractivity contribution is 5.84. The molecule has 3 N–H and O–H groups in total. The zero-order valence-electron chi connectivity index (χ0n) is 29.7. The van der Waals surface area contributed by atoms with Crippen molar-refractivity contribution in [3.05, 3.63) is 64.3 Å². The van der Waals surface area contributed by atoms with E-state index in [1.807, 2.05) is 19.9 Å². The first kappa shape index (κ1) is 41.2. The Morgan fingerprint density at radius 1 is 1.12 bits per heavy atom. The first-order valence-electron chi connectivity index (χ1n) is 17.5. The van der Waals surface area contributed by atoms with E-state index in [-0.39, 0.29) is 66.3 Å². The number of nitrogens with zero attached hydrogens (tertiary/aromatic N) is 1. The fourth-order valence-corrected chi connectivity index (χ4v) is 6.30. The van der Waals surface area contributed by atoms with Crippen molar-refractivity contribution in [1.29, 1.82) is 0 Å². The monoisotopic (exact) mass is 717 g/mol. The van der Waals surface area contributed by atoms with Gasteiger partial charge in [-0.3, -0.25) is 9.59 Å². The predicted molar refractivity (Wildman–Crippen MR) is 184 cm³/mol. The van der Waals surface area contributed by atoms with E-state index in [1.54, 1.807) is 12.2 Å². The Balaban J connectivity index is 1.48. The van der Waals surface area contributed by atoms with E-state index in [1.165, 1.54) is 31.4 Å². The van der Waals surface area contributed by atoms with Gasteiger partial charge < -0.3 is 39.1 Å². The van der Waals surface area contributed by atoms with E-state index in [0.29, 0.717) is 44.9 Å². The van der Waals surface area contributed by atoms with Gasteiger partial charge in [0.1, 0.15) is 11.9 Å². The lowest BCUT2D eigenvalue weighted by Crippen LogP contribution is -2.43. The lowest BCUT2D eigenvalue weighted by atomic mass is 9.66. The molecular weight excluding hydrogens is 666 g/mol. The molecule has 14 nitrogen and oxygen atoms in total. The summed E-state index contributed by atoms with van der Waals surface area (Å²) < 4.78 is 21.9. The molecule has 1 aromatic rings. The highest BCUT2D eigenvalue weighted by Crippen LogP contribution is 2.44. The standard InChI is InChI=1S/C37H51NO13/c1-5-23(2)37(44)51-33-20-27(40)18-25-12-11-24(3)30(36(25)33)15-13-26(39)19-28(41)21-35(43)50-31-16-14-29(22-32(31)47-4)49-34(42)10-8-6-7-9-17-48-38(45)46/h8,10-12,14,16,18,22-24,26-28,30,33,36,39-41H,5-7,9,13,15,17,19-21H2,1-4H3/b10-8+/t23-,24-,26+,27+,28+,30-,33-,36-/m0/s1. The maximum Gasteiger partial charge on any atom is 0.335 e. The summed E-state index contributed by atoms with van der Waals surface area (Å²) in [5, 5.41) is 41.2. The highest BCUT2D eigenvalue weighted by atomic mass is 16.9. The molecule has 2 aliphatic rings. The number of allylic oxidation sites excluding steroid dienone is 3. The number of ether oxygens (including phenoxy) is 4. The van der Waals surface area contributed by atoms with E-state index >= 15 is 0 Å². The highest BCUT2D eigenvalue weighted by Gasteiger charge is 2.42. The molecule has 0 spiro atoms. The van der Waals surface area contributed by atoms with Gasteiger partial charge in [-0.15, -0.1) is 10.1 Å². The molecule has 0 amide bonds. The summed E-state index contributed by atoms with van der Waals surface area (Å²) in [5.41, 5.74) is 0.918. The predicted octanol–water partition coefficient (Wildman–Crippen LogP) is 4.81. The van der Waals surface area contributed by atoms with Gasteiger partial charge in [0, 0.05) is 24.5 Å². The number of unbranched alkanes of at least 4 members (excludes halogenated alkanes) is 2. The van der Waals surface area contributed by atoms with Crippen molar-refractivity contribution in [1.82, 2.24) is 0 Å². The van der Waals surface area contributed by atoms with Crippen molar-refractivity contribution in [2.75, 3.05) is 13.7 Å². The molecule has 0 saturated heterocycles. The van der Waals surface area contributed by atoms with Crippen molar-refractivity contribution < 1.29 is 58.6 Å². The van der Waals surface area contributed by atoms with Crippen LogP contribution < -0.4 is 14.2 Å². The van der Waals surface area contributed by atoms with Gasteiger partial charge in [-0.1, -0.05) is 45.1 Å². The molecule has 0 fully saturated rings. The van der Waals surface area contributed by atoms with Crippen LogP contribution in [0.2, 0.25) is 0 Å². The zero-order valence-corrected chi connectivity index (χ0v) is 29.7. The Bertz CT molecular complexity index is 1420. The SMILES string of the molecule is CC[C@H](C)C(=O)O[C@H]1C[C@H](O)C=C2C=C[C@H](C)[C@H](CC[C@@H](O)C[C@@H](O)CC(=O)Oc3ccc(OC(=O)/C=C/CCCCO[N+](=O)[O-])cc3OC)[C@H]21. The van der Waals surface area contributed by atoms with Gasteiger partial charge in [-0.25, -0.2) is 4.79 Å². The van der Waals surface area contributed by atoms with Gasteiger partial charge in [-0.2, -0.15) is 0 Å². The summed E-state index contributed by atoms with van der Waals surface area (Å²) in [4.78, 5) is 51.9. The average molecular weight is 718 g/mol. The van der Waals surface area contributed by atoms with Crippen molar-refractivity contribution >= 4 is 17.9 Å². The molecule has 51 heavy (non-hydrogen) atoms. The third-order valence-corrected chi connectivity index (χ3v) is 9.23. The Kier molecular flexibility index (Phi) is 16.6. The average Bonchev–Trinajstić information content (AvgIpc) is 3.07. The van der Waals surface area contributed by atoms with Crippen LogP contribution in [0.1, 0.15) is 78.6 Å². The quantitative estimate of drug-likeness (QED) is 0.0415. The van der Waals surface area contributed by atoms with Crippen molar-refractivity contribution in [3.8, 4) is 17.2 Å². The molecule has 1 aromatic carbocycles. The Labute approximate surface area is 298 Å². The van der Waals surface area contributed by atoms with Crippen LogP contribution in [0.25, 0.3) is 0 Å². The van der Waals surface area contributed by atoms with Crippen molar-refractivity contribution in [3.63, 3.8) is 0 Å². The number of hydrogen-bond acceptors (Lipinski definition) is 13. The van der Waals surface area contributed by atoms with E-state index < -0.39 is 41.4 Å². The minimum Gasteiger partial charge on any atom is -0.493 e. The van der Waals surface area contributed by atoms with Gasteiger partial charge >= 0.3 is 17.9 Å². The molecule has 0 aliphatic heterocycles. The molecule has 0 bridgehead atoms. The summed E-state index contributed by atoms with van der Waals surface area (Å²) in [6.07, 6.45) is 8.33. The van der Waals surface area contributed by atoms with E-state index in [4.69, 9.17) is 18.9 Å². The first-order chi connectivity index (χ1) is 24.3. The lowest BCUT2D eigenvalue weighted by Gasteiger charge is -2.43. The minimum atomic E-state index is -1.18. The number of fused-ring (bicyclic) bond motifs is 1. The molecule has 0 saturated carbocycles. The number of carbonyl (C=O) groups excluding carboxylic acids is 3. The van der Waals surface area contributed by atoms with E-state index in [2.05, 4.69) is 17.8 Å². The molecule has 0 heterocycles. The van der Waals surface area contributed by atoms with Crippen LogP contribution in [0.5, 0.6) is 17.2 Å². The van der Waals surface area contributed by atoms with Crippen LogP contribution in [0.15, 0.2) is 54.2 Å². The fraction of sp³-hybridized carbons (Fsp3) is 0.595. The second-order valence-electron chi connectivity index (χ2n) is 13.1. The Morgan fingerprint density at radius 3 is 2.59 bits per heavy atom. The Hall–Kier alpha value is -4.27. The number of carbonyl (C=O) groups is 3. The largest absolute Gasteiger partial charge is 0.493 e. The maximum atomic E-state index is 12.7. The maximum absolute atomic E-state index is 12.7. The summed E-state index contributed by atoms with van der Waals surface area (Å²) in [6.45, 7) is 5.79. The van der Waals surface area contributed by atoms with E-state index in [0.717, 1.165) is 5.57 Å². The lowest BCUT2D eigenvalue weighted by molar-refractivity contribution is -0.757. The van der Waals surface area contributed by atoms with Gasteiger partial charge in [-0.05, 0) is 74.5 Å². The van der Waals surface area contributed by atoms with Gasteiger partial charge in [0.2, 0.25) is 0 Å². The van der Waals surface area contributed by atoms with Gasteiger partial charge in [0.25, 0.3) is 5.09 Å². The van der Waals surface area contributed by atoms with Crippen LogP contribution in [-0.4, -0.2) is 76.4 Å². The molecule has 0 aromatic heterocycles. The minimum absolute atomic E-state index is 0.0190. The summed E-state index contributed by atoms with van der Waals surface area (Å²) in [6, 6.07) is 4.17. The van der Waals surface area contributed by atoms with Crippen molar-refractivity contribution in [2.45, 2.75) is 103 Å². The zero-order chi connectivity index (χ0) is 37.5. The number of benzene rings is 1. The molecule has 2 aliphatic carbocycles. The topological polar surface area (TPSA) is 201 Å². The van der Waals surface area contributed by atoms with E-state index in [9.17, 15) is 39.8 Å². The molecule has 0 radical (unpaired) electrons. The first-order valence-corrected chi connectivity index (χ1v) is 17.5. The number of aliphatic hydroxyl groups is 3. The van der Waals surface area contributed by atoms with Crippen LogP contribution >= 0.6 is 0 Å². The number of methoxy groups -OCH3 is 1. The molecule has 8 atom stereocenters. The second kappa shape index (κ2) is 20.5. The van der Waals surface area contributed by atoms with Gasteiger partial charge in [0.15, 0.2) is 11.5 Å². The summed E-state index contributed by atoms with van der Waals surface area (Å²) >= 11 is 0. The third-order valence-electron chi connectivity index (χ3n) is 9.23. The van der Waals surface area contributed by atoms with Crippen LogP contribution in [0.4, 0.5) is 0 Å². The number of aliphatic hydroxyl groups excluding tert-OH is 3. The third kappa shape index (κ3) is 13.4. The normalized spacial score (nSPS) is 23.0. The van der Waals surface area contributed by atoms with Crippen LogP contribution in [0, 0.1) is 33.8 Å². The smallest absolute Gasteiger partial charge is 0.335 e. The summed E-state index contributed by atoms with van der Waals surface area (Å²) in [5.74, 6) is -1.62. The number of rotatable bonds is 20. The number of hydrogen-bond donors (Lipinski definition) is 3. The van der Waals surface area contributed by atoms with Crippen molar-refractivity contribution in [2.24, 2.45) is 23.7 Å². The van der Waals surface area contributed by atoms with Crippen LogP contribution in [0.3, 0.4) is 0 Å². The molecule has 282 valence electrons. The summed E-state index contributed by atoms with van der Waals surface area (Å²) in [7, 11) is 1.35. The number of esters is 3. The molecule has 14 heteroatoms. The molecule has 0 unspecified atom stereocenters.